The summed E-state index contributed by atoms with van der Waals surface area (Å²) in [7, 11) is 0. The molecule has 3 aromatic carbocycles. The summed E-state index contributed by atoms with van der Waals surface area (Å²) in [4.78, 5) is 10.9. The van der Waals surface area contributed by atoms with Crippen molar-refractivity contribution in [3.05, 3.63) is 108 Å². The smallest absolute Gasteiger partial charge is 0.150 e. The summed E-state index contributed by atoms with van der Waals surface area (Å²) in [6, 6.07) is 26.5. The van der Waals surface area contributed by atoms with Crippen molar-refractivity contribution in [3.63, 3.8) is 0 Å². The van der Waals surface area contributed by atoms with Crippen LogP contribution in [0, 0.1) is 5.92 Å². The van der Waals surface area contributed by atoms with E-state index >= 15 is 0 Å². The first-order chi connectivity index (χ1) is 15.5. The molecule has 0 aromatic heterocycles. The van der Waals surface area contributed by atoms with Crippen LogP contribution in [0.2, 0.25) is 0 Å². The van der Waals surface area contributed by atoms with Gasteiger partial charge in [-0.1, -0.05) is 88.4 Å². The van der Waals surface area contributed by atoms with Gasteiger partial charge in [-0.25, -0.2) is 0 Å². The van der Waals surface area contributed by atoms with Gasteiger partial charge in [-0.15, -0.1) is 0 Å². The van der Waals surface area contributed by atoms with Crippen molar-refractivity contribution in [1.82, 2.24) is 0 Å². The molecule has 32 heavy (non-hydrogen) atoms. The average Bonchev–Trinajstić information content (AvgIpc) is 2.83. The SMILES string of the molecule is C=C(OC(CCC)c1ccc(C(Nc2ccc(C=O)cc2)C(C)C)cc1)c1ccccc1. The summed E-state index contributed by atoms with van der Waals surface area (Å²) >= 11 is 0. The second-order valence-corrected chi connectivity index (χ2v) is 8.46. The van der Waals surface area contributed by atoms with Crippen LogP contribution >= 0.6 is 0 Å². The first-order valence-corrected chi connectivity index (χ1v) is 11.3. The van der Waals surface area contributed by atoms with E-state index in [1.807, 2.05) is 54.6 Å². The minimum absolute atomic E-state index is 0.0249. The fourth-order valence-electron chi connectivity index (χ4n) is 3.81. The topological polar surface area (TPSA) is 38.3 Å². The zero-order valence-corrected chi connectivity index (χ0v) is 19.3. The van der Waals surface area contributed by atoms with Gasteiger partial charge in [-0.05, 0) is 47.7 Å². The van der Waals surface area contributed by atoms with Gasteiger partial charge < -0.3 is 10.1 Å². The lowest BCUT2D eigenvalue weighted by Gasteiger charge is -2.25. The molecule has 3 heteroatoms. The molecule has 3 nitrogen and oxygen atoms in total. The van der Waals surface area contributed by atoms with E-state index in [9.17, 15) is 4.79 Å². The number of hydrogen-bond acceptors (Lipinski definition) is 3. The van der Waals surface area contributed by atoms with Gasteiger partial charge in [0.25, 0.3) is 0 Å². The minimum atomic E-state index is -0.0249. The van der Waals surface area contributed by atoms with Crippen LogP contribution in [0.25, 0.3) is 5.76 Å². The van der Waals surface area contributed by atoms with Gasteiger partial charge >= 0.3 is 0 Å². The summed E-state index contributed by atoms with van der Waals surface area (Å²) < 4.78 is 6.29. The van der Waals surface area contributed by atoms with Crippen molar-refractivity contribution < 1.29 is 9.53 Å². The summed E-state index contributed by atoms with van der Waals surface area (Å²) in [5.41, 5.74) is 5.07. The van der Waals surface area contributed by atoms with E-state index in [4.69, 9.17) is 4.74 Å². The first kappa shape index (κ1) is 23.3. The molecule has 3 aromatic rings. The van der Waals surface area contributed by atoms with E-state index in [0.29, 0.717) is 17.2 Å². The summed E-state index contributed by atoms with van der Waals surface area (Å²) in [6.45, 7) is 10.7. The molecule has 0 amide bonds. The molecule has 0 aliphatic heterocycles. The van der Waals surface area contributed by atoms with Crippen LogP contribution in [0.15, 0.2) is 85.4 Å². The van der Waals surface area contributed by atoms with E-state index in [-0.39, 0.29) is 12.1 Å². The highest BCUT2D eigenvalue weighted by Gasteiger charge is 2.18. The van der Waals surface area contributed by atoms with E-state index < -0.39 is 0 Å². The van der Waals surface area contributed by atoms with Gasteiger partial charge in [0.1, 0.15) is 18.1 Å². The maximum absolute atomic E-state index is 10.9. The maximum atomic E-state index is 10.9. The summed E-state index contributed by atoms with van der Waals surface area (Å²) in [5.74, 6) is 1.10. The second-order valence-electron chi connectivity index (χ2n) is 8.46. The molecule has 1 N–H and O–H groups in total. The van der Waals surface area contributed by atoms with Crippen molar-refractivity contribution in [2.75, 3.05) is 5.32 Å². The zero-order chi connectivity index (χ0) is 22.9. The van der Waals surface area contributed by atoms with Gasteiger partial charge in [0.05, 0.1) is 6.04 Å². The Morgan fingerprint density at radius 2 is 1.56 bits per heavy atom. The fourth-order valence-corrected chi connectivity index (χ4v) is 3.81. The first-order valence-electron chi connectivity index (χ1n) is 11.3. The zero-order valence-electron chi connectivity index (χ0n) is 19.3. The molecule has 2 atom stereocenters. The van der Waals surface area contributed by atoms with Crippen LogP contribution in [0.5, 0.6) is 0 Å². The number of ether oxygens (including phenoxy) is 1. The molecule has 0 aliphatic rings. The fraction of sp³-hybridized carbons (Fsp3) is 0.276. The van der Waals surface area contributed by atoms with Crippen molar-refractivity contribution >= 4 is 17.7 Å². The largest absolute Gasteiger partial charge is 0.486 e. The Morgan fingerprint density at radius 3 is 2.12 bits per heavy atom. The number of anilines is 1. The Bertz CT molecular complexity index is 992. The van der Waals surface area contributed by atoms with E-state index in [2.05, 4.69) is 56.9 Å². The predicted molar refractivity (Wildman–Crippen MR) is 134 cm³/mol. The number of hydrogen-bond donors (Lipinski definition) is 1. The van der Waals surface area contributed by atoms with Crippen LogP contribution in [0.1, 0.15) is 72.8 Å². The molecule has 0 fully saturated rings. The molecule has 0 saturated heterocycles. The van der Waals surface area contributed by atoms with Gasteiger partial charge in [0, 0.05) is 16.8 Å². The number of aldehydes is 1. The molecule has 0 spiro atoms. The van der Waals surface area contributed by atoms with Crippen LogP contribution in [0.3, 0.4) is 0 Å². The third-order valence-corrected chi connectivity index (χ3v) is 5.63. The van der Waals surface area contributed by atoms with E-state index in [0.717, 1.165) is 35.9 Å². The van der Waals surface area contributed by atoms with Crippen LogP contribution in [0.4, 0.5) is 5.69 Å². The summed E-state index contributed by atoms with van der Waals surface area (Å²) in [5, 5.41) is 3.61. The van der Waals surface area contributed by atoms with Crippen LogP contribution in [-0.2, 0) is 4.74 Å². The minimum Gasteiger partial charge on any atom is -0.486 e. The maximum Gasteiger partial charge on any atom is 0.150 e. The molecule has 3 rings (SSSR count). The number of carbonyl (C=O) groups excluding carboxylic acids is 1. The molecular formula is C29H33NO2. The van der Waals surface area contributed by atoms with E-state index in [1.54, 1.807) is 0 Å². The highest BCUT2D eigenvalue weighted by atomic mass is 16.5. The number of nitrogens with one attached hydrogen (secondary N) is 1. The third-order valence-electron chi connectivity index (χ3n) is 5.63. The van der Waals surface area contributed by atoms with E-state index in [1.165, 1.54) is 5.56 Å². The lowest BCUT2D eigenvalue weighted by atomic mass is 9.93. The van der Waals surface area contributed by atoms with Crippen molar-refractivity contribution in [2.45, 2.75) is 45.8 Å². The Morgan fingerprint density at radius 1 is 0.938 bits per heavy atom. The molecule has 0 aliphatic carbocycles. The standard InChI is InChI=1S/C29H33NO2/c1-5-9-28(32-22(4)24-10-7-6-8-11-24)25-14-16-26(17-15-25)29(21(2)3)30-27-18-12-23(20-31)13-19-27/h6-8,10-21,28-30H,4-5,9H2,1-3H3. The highest BCUT2D eigenvalue weighted by Crippen LogP contribution is 2.32. The number of carbonyl (C=O) groups is 1. The van der Waals surface area contributed by atoms with Gasteiger partial charge in [-0.2, -0.15) is 0 Å². The number of rotatable bonds is 11. The lowest BCUT2D eigenvalue weighted by molar-refractivity contribution is 0.112. The number of benzene rings is 3. The molecule has 0 saturated carbocycles. The molecule has 2 unspecified atom stereocenters. The van der Waals surface area contributed by atoms with Gasteiger partial charge in [0.2, 0.25) is 0 Å². The van der Waals surface area contributed by atoms with Crippen molar-refractivity contribution in [1.29, 1.82) is 0 Å². The Labute approximate surface area is 192 Å². The Kier molecular flexibility index (Phi) is 8.27. The van der Waals surface area contributed by atoms with Crippen molar-refractivity contribution in [2.24, 2.45) is 5.92 Å². The summed E-state index contributed by atoms with van der Waals surface area (Å²) in [6.07, 6.45) is 2.80. The molecular weight excluding hydrogens is 394 g/mol. The van der Waals surface area contributed by atoms with Crippen molar-refractivity contribution in [3.8, 4) is 0 Å². The molecule has 166 valence electrons. The average molecular weight is 428 g/mol. The normalized spacial score (nSPS) is 12.8. The quantitative estimate of drug-likeness (QED) is 0.250. The predicted octanol–water partition coefficient (Wildman–Crippen LogP) is 7.84. The van der Waals surface area contributed by atoms with Gasteiger partial charge in [0.15, 0.2) is 0 Å². The Hall–Kier alpha value is -3.33. The molecule has 0 heterocycles. The lowest BCUT2D eigenvalue weighted by Crippen LogP contribution is -2.17. The second kappa shape index (κ2) is 11.3. The molecule has 0 radical (unpaired) electrons. The van der Waals surface area contributed by atoms with Crippen LogP contribution in [-0.4, -0.2) is 6.29 Å². The highest BCUT2D eigenvalue weighted by molar-refractivity contribution is 5.75. The van der Waals surface area contributed by atoms with Crippen LogP contribution < -0.4 is 5.32 Å². The Balaban J connectivity index is 1.75. The van der Waals surface area contributed by atoms with Gasteiger partial charge in [-0.3, -0.25) is 4.79 Å². The third kappa shape index (κ3) is 6.10. The molecule has 0 bridgehead atoms. The monoisotopic (exact) mass is 427 g/mol.